The average molecular weight is 196 g/mol. The van der Waals surface area contributed by atoms with Crippen molar-refractivity contribution in [2.75, 3.05) is 0 Å². The standard InChI is InChI=1S/C12H17FO/c1-4-12(14,5-2)10-7-6-9(3)8-11(10)13/h6-8,14H,4-5H2,1-3H3. The van der Waals surface area contributed by atoms with E-state index in [-0.39, 0.29) is 5.82 Å². The summed E-state index contributed by atoms with van der Waals surface area (Å²) in [5, 5.41) is 10.1. The van der Waals surface area contributed by atoms with Crippen molar-refractivity contribution in [1.29, 1.82) is 0 Å². The van der Waals surface area contributed by atoms with Crippen LogP contribution in [-0.2, 0) is 5.60 Å². The molecule has 0 aliphatic carbocycles. The van der Waals surface area contributed by atoms with Crippen molar-refractivity contribution in [3.63, 3.8) is 0 Å². The van der Waals surface area contributed by atoms with Crippen LogP contribution in [0.4, 0.5) is 4.39 Å². The van der Waals surface area contributed by atoms with E-state index >= 15 is 0 Å². The molecule has 1 aromatic rings. The molecular weight excluding hydrogens is 179 g/mol. The Kier molecular flexibility index (Phi) is 3.27. The van der Waals surface area contributed by atoms with Gasteiger partial charge in [-0.1, -0.05) is 26.0 Å². The van der Waals surface area contributed by atoms with Crippen molar-refractivity contribution in [1.82, 2.24) is 0 Å². The van der Waals surface area contributed by atoms with Gasteiger partial charge in [-0.05, 0) is 31.4 Å². The lowest BCUT2D eigenvalue weighted by Crippen LogP contribution is -2.24. The quantitative estimate of drug-likeness (QED) is 0.787. The van der Waals surface area contributed by atoms with E-state index in [0.717, 1.165) is 5.56 Å². The van der Waals surface area contributed by atoms with Crippen LogP contribution in [0.5, 0.6) is 0 Å². The van der Waals surface area contributed by atoms with Gasteiger partial charge in [-0.15, -0.1) is 0 Å². The van der Waals surface area contributed by atoms with Crippen molar-refractivity contribution >= 4 is 0 Å². The van der Waals surface area contributed by atoms with Crippen molar-refractivity contribution in [2.24, 2.45) is 0 Å². The van der Waals surface area contributed by atoms with Crippen molar-refractivity contribution in [3.8, 4) is 0 Å². The van der Waals surface area contributed by atoms with Crippen molar-refractivity contribution < 1.29 is 9.50 Å². The predicted octanol–water partition coefficient (Wildman–Crippen LogP) is 3.14. The second-order valence-corrected chi connectivity index (χ2v) is 3.72. The number of hydrogen-bond donors (Lipinski definition) is 1. The van der Waals surface area contributed by atoms with Gasteiger partial charge in [-0.25, -0.2) is 4.39 Å². The van der Waals surface area contributed by atoms with E-state index in [1.54, 1.807) is 6.07 Å². The fraction of sp³-hybridized carbons (Fsp3) is 0.500. The van der Waals surface area contributed by atoms with Crippen LogP contribution in [0.3, 0.4) is 0 Å². The van der Waals surface area contributed by atoms with Gasteiger partial charge >= 0.3 is 0 Å². The van der Waals surface area contributed by atoms with Crippen LogP contribution >= 0.6 is 0 Å². The van der Waals surface area contributed by atoms with Crippen molar-refractivity contribution in [2.45, 2.75) is 39.2 Å². The average Bonchev–Trinajstić information content (AvgIpc) is 2.17. The van der Waals surface area contributed by atoms with E-state index in [1.807, 2.05) is 26.8 Å². The van der Waals surface area contributed by atoms with Gasteiger partial charge in [-0.2, -0.15) is 0 Å². The van der Waals surface area contributed by atoms with E-state index < -0.39 is 5.60 Å². The molecule has 0 amide bonds. The summed E-state index contributed by atoms with van der Waals surface area (Å²) in [5.41, 5.74) is 0.270. The van der Waals surface area contributed by atoms with Gasteiger partial charge in [0.05, 0.1) is 5.60 Å². The molecule has 0 aliphatic rings. The number of halogens is 1. The molecule has 0 spiro atoms. The summed E-state index contributed by atoms with van der Waals surface area (Å²) in [5.74, 6) is -0.309. The topological polar surface area (TPSA) is 20.2 Å². The second kappa shape index (κ2) is 4.09. The second-order valence-electron chi connectivity index (χ2n) is 3.72. The number of hydrogen-bond acceptors (Lipinski definition) is 1. The number of benzene rings is 1. The minimum atomic E-state index is -1.02. The van der Waals surface area contributed by atoms with E-state index in [2.05, 4.69) is 0 Å². The van der Waals surface area contributed by atoms with Crippen LogP contribution in [0.1, 0.15) is 37.8 Å². The van der Waals surface area contributed by atoms with Crippen LogP contribution in [0.2, 0.25) is 0 Å². The molecule has 0 atom stereocenters. The van der Waals surface area contributed by atoms with Crippen molar-refractivity contribution in [3.05, 3.63) is 35.1 Å². The van der Waals surface area contributed by atoms with E-state index in [4.69, 9.17) is 0 Å². The number of aryl methyl sites for hydroxylation is 1. The Labute approximate surface area is 84.6 Å². The highest BCUT2D eigenvalue weighted by molar-refractivity contribution is 5.28. The van der Waals surface area contributed by atoms with Crippen LogP contribution in [-0.4, -0.2) is 5.11 Å². The molecule has 0 unspecified atom stereocenters. The summed E-state index contributed by atoms with van der Waals surface area (Å²) in [6.07, 6.45) is 1.06. The first-order valence-corrected chi connectivity index (χ1v) is 5.02. The Bertz CT molecular complexity index is 316. The largest absolute Gasteiger partial charge is 0.385 e. The predicted molar refractivity (Wildman–Crippen MR) is 55.6 cm³/mol. The highest BCUT2D eigenvalue weighted by atomic mass is 19.1. The third kappa shape index (κ3) is 1.95. The third-order valence-corrected chi connectivity index (χ3v) is 2.80. The fourth-order valence-electron chi connectivity index (χ4n) is 1.63. The number of rotatable bonds is 3. The maximum atomic E-state index is 13.6. The highest BCUT2D eigenvalue weighted by Gasteiger charge is 2.27. The minimum Gasteiger partial charge on any atom is -0.385 e. The summed E-state index contributed by atoms with van der Waals surface area (Å²) >= 11 is 0. The third-order valence-electron chi connectivity index (χ3n) is 2.80. The van der Waals surface area contributed by atoms with E-state index in [1.165, 1.54) is 6.07 Å². The molecule has 14 heavy (non-hydrogen) atoms. The molecule has 1 aromatic carbocycles. The SMILES string of the molecule is CCC(O)(CC)c1ccc(C)cc1F. The zero-order valence-electron chi connectivity index (χ0n) is 8.97. The van der Waals surface area contributed by atoms with Gasteiger partial charge in [0.1, 0.15) is 5.82 Å². The first kappa shape index (κ1) is 11.2. The molecule has 1 nitrogen and oxygen atoms in total. The smallest absolute Gasteiger partial charge is 0.129 e. The van der Waals surface area contributed by atoms with Gasteiger partial charge in [0.15, 0.2) is 0 Å². The summed E-state index contributed by atoms with van der Waals surface area (Å²) in [7, 11) is 0. The monoisotopic (exact) mass is 196 g/mol. The normalized spacial score (nSPS) is 11.8. The zero-order chi connectivity index (χ0) is 10.8. The molecule has 78 valence electrons. The summed E-state index contributed by atoms with van der Waals surface area (Å²) in [4.78, 5) is 0. The molecule has 0 bridgehead atoms. The molecule has 0 aromatic heterocycles. The maximum Gasteiger partial charge on any atom is 0.129 e. The molecular formula is C12H17FO. The summed E-state index contributed by atoms with van der Waals surface area (Å²) in [6, 6.07) is 4.97. The molecule has 0 heterocycles. The lowest BCUT2D eigenvalue weighted by molar-refractivity contribution is 0.0248. The molecule has 0 saturated heterocycles. The molecule has 2 heteroatoms. The van der Waals surface area contributed by atoms with E-state index in [0.29, 0.717) is 18.4 Å². The molecule has 0 aliphatic heterocycles. The minimum absolute atomic E-state index is 0.309. The zero-order valence-corrected chi connectivity index (χ0v) is 8.97. The lowest BCUT2D eigenvalue weighted by Gasteiger charge is -2.26. The first-order valence-electron chi connectivity index (χ1n) is 5.02. The Hall–Kier alpha value is -0.890. The highest BCUT2D eigenvalue weighted by Crippen LogP contribution is 2.30. The van der Waals surface area contributed by atoms with Crippen LogP contribution in [0, 0.1) is 12.7 Å². The molecule has 0 radical (unpaired) electrons. The van der Waals surface area contributed by atoms with Gasteiger partial charge < -0.3 is 5.11 Å². The molecule has 0 saturated carbocycles. The molecule has 1 rings (SSSR count). The fourth-order valence-corrected chi connectivity index (χ4v) is 1.63. The molecule has 0 fully saturated rings. The Morgan fingerprint density at radius 1 is 1.29 bits per heavy atom. The lowest BCUT2D eigenvalue weighted by atomic mass is 9.88. The van der Waals surface area contributed by atoms with Gasteiger partial charge in [-0.3, -0.25) is 0 Å². The summed E-state index contributed by atoms with van der Waals surface area (Å²) in [6.45, 7) is 5.56. The van der Waals surface area contributed by atoms with E-state index in [9.17, 15) is 9.50 Å². The van der Waals surface area contributed by atoms with Crippen LogP contribution in [0.25, 0.3) is 0 Å². The van der Waals surface area contributed by atoms with Crippen LogP contribution in [0.15, 0.2) is 18.2 Å². The van der Waals surface area contributed by atoms with Gasteiger partial charge in [0.25, 0.3) is 0 Å². The Morgan fingerprint density at radius 2 is 1.86 bits per heavy atom. The van der Waals surface area contributed by atoms with Crippen LogP contribution < -0.4 is 0 Å². The van der Waals surface area contributed by atoms with Gasteiger partial charge in [0, 0.05) is 5.56 Å². The summed E-state index contributed by atoms with van der Waals surface area (Å²) < 4.78 is 13.6. The van der Waals surface area contributed by atoms with Gasteiger partial charge in [0.2, 0.25) is 0 Å². The Morgan fingerprint density at radius 3 is 2.29 bits per heavy atom. The Balaban J connectivity index is 3.17. The molecule has 1 N–H and O–H groups in total. The maximum absolute atomic E-state index is 13.6. The first-order chi connectivity index (χ1) is 6.53. The number of aliphatic hydroxyl groups is 1.